The molecule has 0 aliphatic carbocycles. The zero-order valence-corrected chi connectivity index (χ0v) is 12.6. The highest BCUT2D eigenvalue weighted by Crippen LogP contribution is 2.26. The van der Waals surface area contributed by atoms with Gasteiger partial charge in [0, 0.05) is 31.4 Å². The molecule has 1 aromatic carbocycles. The highest BCUT2D eigenvalue weighted by Gasteiger charge is 2.29. The Morgan fingerprint density at radius 1 is 1.21 bits per heavy atom. The van der Waals surface area contributed by atoms with Crippen LogP contribution in [0.4, 0.5) is 5.69 Å². The molecular weight excluding hydrogens is 234 g/mol. The maximum absolute atomic E-state index is 5.97. The normalized spacial score (nSPS) is 25.1. The summed E-state index contributed by atoms with van der Waals surface area (Å²) < 4.78 is 0. The van der Waals surface area contributed by atoms with E-state index in [-0.39, 0.29) is 0 Å². The summed E-state index contributed by atoms with van der Waals surface area (Å²) in [6.45, 7) is 9.61. The van der Waals surface area contributed by atoms with Crippen molar-refractivity contribution in [3.63, 3.8) is 0 Å². The first-order valence-electron chi connectivity index (χ1n) is 7.29. The molecule has 2 rings (SSSR count). The summed E-state index contributed by atoms with van der Waals surface area (Å²) in [5.74, 6) is 0.587. The summed E-state index contributed by atoms with van der Waals surface area (Å²) in [5, 5.41) is 0. The van der Waals surface area contributed by atoms with Crippen molar-refractivity contribution < 1.29 is 0 Å². The van der Waals surface area contributed by atoms with Gasteiger partial charge >= 0.3 is 0 Å². The second-order valence-electron chi connectivity index (χ2n) is 6.11. The van der Waals surface area contributed by atoms with Crippen LogP contribution in [-0.2, 0) is 0 Å². The maximum atomic E-state index is 5.97. The summed E-state index contributed by atoms with van der Waals surface area (Å²) in [7, 11) is 2.18. The van der Waals surface area contributed by atoms with E-state index >= 15 is 0 Å². The molecule has 1 saturated heterocycles. The van der Waals surface area contributed by atoms with Gasteiger partial charge in [-0.15, -0.1) is 0 Å². The van der Waals surface area contributed by atoms with Crippen molar-refractivity contribution in [2.75, 3.05) is 31.6 Å². The lowest BCUT2D eigenvalue weighted by atomic mass is 10.0. The Kier molecular flexibility index (Phi) is 4.48. The number of anilines is 1. The highest BCUT2D eigenvalue weighted by atomic mass is 15.3. The minimum Gasteiger partial charge on any atom is -0.362 e. The fraction of sp³-hybridized carbons (Fsp3) is 0.625. The van der Waals surface area contributed by atoms with Crippen LogP contribution < -0.4 is 10.6 Å². The molecule has 0 bridgehead atoms. The van der Waals surface area contributed by atoms with E-state index in [0.717, 1.165) is 13.1 Å². The van der Waals surface area contributed by atoms with Crippen molar-refractivity contribution in [3.8, 4) is 0 Å². The predicted molar refractivity (Wildman–Crippen MR) is 82.8 cm³/mol. The van der Waals surface area contributed by atoms with E-state index < -0.39 is 0 Å². The highest BCUT2D eigenvalue weighted by molar-refractivity contribution is 5.50. The molecule has 2 atom stereocenters. The molecule has 0 saturated carbocycles. The molecule has 106 valence electrons. The van der Waals surface area contributed by atoms with Gasteiger partial charge in [-0.25, -0.2) is 0 Å². The van der Waals surface area contributed by atoms with Crippen molar-refractivity contribution in [3.05, 3.63) is 29.8 Å². The van der Waals surface area contributed by atoms with Crippen molar-refractivity contribution in [1.82, 2.24) is 4.90 Å². The molecule has 1 fully saturated rings. The van der Waals surface area contributed by atoms with E-state index in [1.54, 1.807) is 0 Å². The number of hydrogen-bond donors (Lipinski definition) is 1. The van der Waals surface area contributed by atoms with Gasteiger partial charge in [-0.2, -0.15) is 0 Å². The van der Waals surface area contributed by atoms with Crippen molar-refractivity contribution in [2.24, 2.45) is 5.73 Å². The van der Waals surface area contributed by atoms with Gasteiger partial charge in [0.05, 0.1) is 6.04 Å². The van der Waals surface area contributed by atoms with E-state index in [2.05, 4.69) is 61.9 Å². The van der Waals surface area contributed by atoms with E-state index in [0.29, 0.717) is 24.5 Å². The van der Waals surface area contributed by atoms with Crippen LogP contribution in [0.5, 0.6) is 0 Å². The molecule has 1 heterocycles. The zero-order valence-electron chi connectivity index (χ0n) is 12.6. The van der Waals surface area contributed by atoms with Crippen LogP contribution in [0.1, 0.15) is 32.3 Å². The molecule has 0 amide bonds. The minimum absolute atomic E-state index is 0.415. The van der Waals surface area contributed by atoms with Crippen molar-refractivity contribution in [1.29, 1.82) is 0 Å². The van der Waals surface area contributed by atoms with Gasteiger partial charge in [0.1, 0.15) is 0 Å². The maximum Gasteiger partial charge on any atom is 0.0542 e. The summed E-state index contributed by atoms with van der Waals surface area (Å²) in [6.07, 6.45) is 0. The molecule has 1 aromatic rings. The third-order valence-corrected chi connectivity index (χ3v) is 4.10. The lowest BCUT2D eigenvalue weighted by Crippen LogP contribution is -2.59. The van der Waals surface area contributed by atoms with Crippen LogP contribution in [0.25, 0.3) is 0 Å². The largest absolute Gasteiger partial charge is 0.362 e. The van der Waals surface area contributed by atoms with Crippen LogP contribution in [0.2, 0.25) is 0 Å². The number of hydrogen-bond acceptors (Lipinski definition) is 3. The molecule has 2 unspecified atom stereocenters. The van der Waals surface area contributed by atoms with E-state index in [1.807, 2.05) is 0 Å². The fourth-order valence-electron chi connectivity index (χ4n) is 3.11. The first-order valence-corrected chi connectivity index (χ1v) is 7.29. The Bertz CT molecular complexity index is 399. The number of nitrogens with two attached hydrogens (primary N) is 1. The second-order valence-corrected chi connectivity index (χ2v) is 6.11. The monoisotopic (exact) mass is 261 g/mol. The molecule has 0 spiro atoms. The second kappa shape index (κ2) is 5.93. The average Bonchev–Trinajstić information content (AvgIpc) is 2.38. The van der Waals surface area contributed by atoms with E-state index in [1.165, 1.54) is 11.3 Å². The Morgan fingerprint density at radius 3 is 2.37 bits per heavy atom. The first kappa shape index (κ1) is 14.4. The van der Waals surface area contributed by atoms with Gasteiger partial charge in [0.25, 0.3) is 0 Å². The Morgan fingerprint density at radius 2 is 1.84 bits per heavy atom. The van der Waals surface area contributed by atoms with Gasteiger partial charge in [-0.1, -0.05) is 26.0 Å². The van der Waals surface area contributed by atoms with Gasteiger partial charge in [-0.05, 0) is 37.6 Å². The third kappa shape index (κ3) is 3.10. The Hall–Kier alpha value is -1.06. The van der Waals surface area contributed by atoms with Crippen molar-refractivity contribution in [2.45, 2.75) is 38.8 Å². The molecule has 0 aromatic heterocycles. The Balaban J connectivity index is 2.22. The van der Waals surface area contributed by atoms with Crippen LogP contribution >= 0.6 is 0 Å². The minimum atomic E-state index is 0.415. The summed E-state index contributed by atoms with van der Waals surface area (Å²) in [5.41, 5.74) is 8.67. The molecule has 3 heteroatoms. The van der Waals surface area contributed by atoms with Crippen LogP contribution in [-0.4, -0.2) is 43.7 Å². The number of benzene rings is 1. The lowest BCUT2D eigenvalue weighted by molar-refractivity contribution is 0.235. The summed E-state index contributed by atoms with van der Waals surface area (Å²) in [4.78, 5) is 4.87. The van der Waals surface area contributed by atoms with E-state index in [9.17, 15) is 0 Å². The number of likely N-dealkylation sites (N-methyl/N-ethyl adjacent to an activating group) is 1. The van der Waals surface area contributed by atoms with Gasteiger partial charge in [0.15, 0.2) is 0 Å². The van der Waals surface area contributed by atoms with Gasteiger partial charge in [0.2, 0.25) is 0 Å². The van der Waals surface area contributed by atoms with Gasteiger partial charge < -0.3 is 15.5 Å². The first-order chi connectivity index (χ1) is 9.02. The fourth-order valence-corrected chi connectivity index (χ4v) is 3.11. The number of piperazine rings is 1. The van der Waals surface area contributed by atoms with Crippen LogP contribution in [0, 0.1) is 0 Å². The van der Waals surface area contributed by atoms with Crippen LogP contribution in [0.3, 0.4) is 0 Å². The van der Waals surface area contributed by atoms with Crippen LogP contribution in [0.15, 0.2) is 24.3 Å². The molecule has 1 aliphatic heterocycles. The topological polar surface area (TPSA) is 32.5 Å². The summed E-state index contributed by atoms with van der Waals surface area (Å²) >= 11 is 0. The molecule has 1 aliphatic rings. The Labute approximate surface area is 117 Å². The molecule has 19 heavy (non-hydrogen) atoms. The van der Waals surface area contributed by atoms with Crippen molar-refractivity contribution >= 4 is 5.69 Å². The smallest absolute Gasteiger partial charge is 0.0542 e. The summed E-state index contributed by atoms with van der Waals surface area (Å²) in [6, 6.07) is 9.92. The molecule has 0 radical (unpaired) electrons. The SMILES string of the molecule is CC(C)c1ccc(N2C(C)CN(C)CC2CN)cc1. The molecule has 2 N–H and O–H groups in total. The number of nitrogens with zero attached hydrogens (tertiary/aromatic N) is 2. The predicted octanol–water partition coefficient (Wildman–Crippen LogP) is 2.28. The number of rotatable bonds is 3. The zero-order chi connectivity index (χ0) is 14.0. The van der Waals surface area contributed by atoms with E-state index in [4.69, 9.17) is 5.73 Å². The lowest BCUT2D eigenvalue weighted by Gasteiger charge is -2.45. The third-order valence-electron chi connectivity index (χ3n) is 4.10. The standard InChI is InChI=1S/C16H27N3/c1-12(2)14-5-7-15(8-6-14)19-13(3)10-18(4)11-16(19)9-17/h5-8,12-13,16H,9-11,17H2,1-4H3. The molecule has 3 nitrogen and oxygen atoms in total. The average molecular weight is 261 g/mol. The quantitative estimate of drug-likeness (QED) is 0.906. The molecular formula is C16H27N3. The van der Waals surface area contributed by atoms with Gasteiger partial charge in [-0.3, -0.25) is 0 Å².